The zero-order chi connectivity index (χ0) is 24.9. The molecule has 0 spiro atoms. The Hall–Kier alpha value is -2.16. The fourth-order valence-corrected chi connectivity index (χ4v) is 4.52. The summed E-state index contributed by atoms with van der Waals surface area (Å²) in [5.74, 6) is -2.26. The van der Waals surface area contributed by atoms with Crippen LogP contribution in [0, 0.1) is 11.3 Å². The van der Waals surface area contributed by atoms with Gasteiger partial charge in [0.15, 0.2) is 5.78 Å². The first-order chi connectivity index (χ1) is 15.6. The molecule has 3 heteroatoms. The number of unbranched alkanes of at least 4 members (excludes halogenated alkanes) is 5. The third kappa shape index (κ3) is 11.0. The molecule has 0 aromatic heterocycles. The van der Waals surface area contributed by atoms with Gasteiger partial charge in [0, 0.05) is 0 Å². The molecular formula is C30H46O3. The summed E-state index contributed by atoms with van der Waals surface area (Å²) in [5, 5.41) is 9.48. The zero-order valence-corrected chi connectivity index (χ0v) is 21.9. The van der Waals surface area contributed by atoms with E-state index in [0.717, 1.165) is 30.4 Å². The largest absolute Gasteiger partial charge is 0.481 e. The van der Waals surface area contributed by atoms with Gasteiger partial charge in [0.25, 0.3) is 0 Å². The van der Waals surface area contributed by atoms with Gasteiger partial charge in [0.05, 0.1) is 0 Å². The summed E-state index contributed by atoms with van der Waals surface area (Å²) in [6, 6.07) is 0. The molecule has 1 atom stereocenters. The van der Waals surface area contributed by atoms with Crippen molar-refractivity contribution in [1.29, 1.82) is 0 Å². The van der Waals surface area contributed by atoms with Crippen molar-refractivity contribution in [2.45, 2.75) is 106 Å². The molecule has 0 fully saturated rings. The standard InChI is InChI=1S/C30H46O3/c1-7-8-9-10-11-12-18-26(29(32)33)28(31)22-24(3)16-13-15-23(2)19-20-27-25(4)17-14-21-30(27,5)6/h13,15-16,19-20,22,26H,7-12,14,17-18,21H2,1-6H3,(H,32,33)/b16-13+,20-19+,23-15+,24-22+. The van der Waals surface area contributed by atoms with E-state index in [0.29, 0.717) is 6.42 Å². The Kier molecular flexibility index (Phi) is 13.0. The minimum absolute atomic E-state index is 0.227. The van der Waals surface area contributed by atoms with Crippen molar-refractivity contribution < 1.29 is 14.7 Å². The molecule has 1 unspecified atom stereocenters. The van der Waals surface area contributed by atoms with Gasteiger partial charge in [-0.3, -0.25) is 9.59 Å². The van der Waals surface area contributed by atoms with Crippen molar-refractivity contribution in [2.24, 2.45) is 11.3 Å². The minimum Gasteiger partial charge on any atom is -0.481 e. The molecule has 1 N–H and O–H groups in total. The van der Waals surface area contributed by atoms with Crippen LogP contribution in [-0.2, 0) is 9.59 Å². The van der Waals surface area contributed by atoms with E-state index < -0.39 is 11.9 Å². The van der Waals surface area contributed by atoms with E-state index in [1.54, 1.807) is 0 Å². The maximum Gasteiger partial charge on any atom is 0.314 e. The summed E-state index contributed by atoms with van der Waals surface area (Å²) in [4.78, 5) is 24.1. The topological polar surface area (TPSA) is 54.4 Å². The molecular weight excluding hydrogens is 408 g/mol. The number of carbonyl (C=O) groups is 2. The van der Waals surface area contributed by atoms with Gasteiger partial charge < -0.3 is 5.11 Å². The van der Waals surface area contributed by atoms with E-state index in [9.17, 15) is 14.7 Å². The highest BCUT2D eigenvalue weighted by Crippen LogP contribution is 2.40. The average molecular weight is 455 g/mol. The van der Waals surface area contributed by atoms with Gasteiger partial charge in [-0.15, -0.1) is 0 Å². The van der Waals surface area contributed by atoms with Gasteiger partial charge in [-0.25, -0.2) is 0 Å². The smallest absolute Gasteiger partial charge is 0.314 e. The summed E-state index contributed by atoms with van der Waals surface area (Å²) in [5.41, 5.74) is 5.06. The van der Waals surface area contributed by atoms with Crippen molar-refractivity contribution in [3.63, 3.8) is 0 Å². The predicted molar refractivity (Wildman–Crippen MR) is 140 cm³/mol. The number of carboxylic acids is 1. The number of allylic oxidation sites excluding steroid dienone is 10. The first kappa shape index (κ1) is 28.9. The predicted octanol–water partition coefficient (Wildman–Crippen LogP) is 8.54. The van der Waals surface area contributed by atoms with Crippen LogP contribution in [0.2, 0.25) is 0 Å². The summed E-state index contributed by atoms with van der Waals surface area (Å²) < 4.78 is 0. The van der Waals surface area contributed by atoms with Gasteiger partial charge >= 0.3 is 5.97 Å². The second-order valence-electron chi connectivity index (χ2n) is 10.3. The van der Waals surface area contributed by atoms with Crippen molar-refractivity contribution in [3.8, 4) is 0 Å². The van der Waals surface area contributed by atoms with Crippen LogP contribution in [0.1, 0.15) is 106 Å². The Morgan fingerprint density at radius 3 is 2.33 bits per heavy atom. The van der Waals surface area contributed by atoms with Crippen LogP contribution in [0.3, 0.4) is 0 Å². The van der Waals surface area contributed by atoms with Gasteiger partial charge in [-0.1, -0.05) is 101 Å². The van der Waals surface area contributed by atoms with Crippen LogP contribution in [0.4, 0.5) is 0 Å². The highest BCUT2D eigenvalue weighted by molar-refractivity contribution is 6.04. The Labute approximate surface area is 202 Å². The third-order valence-corrected chi connectivity index (χ3v) is 6.63. The van der Waals surface area contributed by atoms with Crippen LogP contribution < -0.4 is 0 Å². The van der Waals surface area contributed by atoms with Crippen LogP contribution in [0.5, 0.6) is 0 Å². The molecule has 0 aromatic carbocycles. The Bertz CT molecular complexity index is 802. The lowest BCUT2D eigenvalue weighted by Gasteiger charge is -2.32. The molecule has 0 aromatic rings. The molecule has 0 heterocycles. The number of aliphatic carboxylic acids is 1. The minimum atomic E-state index is -1.02. The van der Waals surface area contributed by atoms with Crippen molar-refractivity contribution in [3.05, 3.63) is 58.7 Å². The van der Waals surface area contributed by atoms with Gasteiger partial charge in [-0.2, -0.15) is 0 Å². The fraction of sp³-hybridized carbons (Fsp3) is 0.600. The molecule has 1 aliphatic rings. The molecule has 3 nitrogen and oxygen atoms in total. The summed E-state index contributed by atoms with van der Waals surface area (Å²) in [6.45, 7) is 13.0. The fourth-order valence-electron chi connectivity index (χ4n) is 4.52. The highest BCUT2D eigenvalue weighted by atomic mass is 16.4. The number of hydrogen-bond donors (Lipinski definition) is 1. The molecule has 0 saturated heterocycles. The summed E-state index contributed by atoms with van der Waals surface area (Å²) in [6.07, 6.45) is 22.3. The quantitative estimate of drug-likeness (QED) is 0.124. The number of hydrogen-bond acceptors (Lipinski definition) is 2. The van der Waals surface area contributed by atoms with Gasteiger partial charge in [0.1, 0.15) is 5.92 Å². The number of rotatable bonds is 14. The molecule has 184 valence electrons. The molecule has 1 rings (SSSR count). The SMILES string of the molecule is CCCCCCCCC(C(=O)O)C(=O)/C=C(C)/C=C/C=C(C)/C=C/C1=C(C)CCCC1(C)C. The molecule has 0 radical (unpaired) electrons. The van der Waals surface area contributed by atoms with Gasteiger partial charge in [0.2, 0.25) is 0 Å². The second kappa shape index (κ2) is 14.9. The Balaban J connectivity index is 2.67. The van der Waals surface area contributed by atoms with Crippen LogP contribution in [0.25, 0.3) is 0 Å². The molecule has 0 saturated carbocycles. The Morgan fingerprint density at radius 2 is 1.70 bits per heavy atom. The van der Waals surface area contributed by atoms with Crippen molar-refractivity contribution >= 4 is 11.8 Å². The third-order valence-electron chi connectivity index (χ3n) is 6.63. The molecule has 0 amide bonds. The maximum absolute atomic E-state index is 12.5. The molecule has 0 aliphatic heterocycles. The number of carbonyl (C=O) groups excluding carboxylic acids is 1. The lowest BCUT2D eigenvalue weighted by molar-refractivity contribution is -0.145. The van der Waals surface area contributed by atoms with Crippen molar-refractivity contribution in [2.75, 3.05) is 0 Å². The van der Waals surface area contributed by atoms with E-state index in [4.69, 9.17) is 0 Å². The molecule has 33 heavy (non-hydrogen) atoms. The first-order valence-corrected chi connectivity index (χ1v) is 12.8. The zero-order valence-electron chi connectivity index (χ0n) is 21.9. The normalized spacial score (nSPS) is 18.4. The number of carboxylic acid groups (broad SMARTS) is 1. The van der Waals surface area contributed by atoms with Crippen LogP contribution >= 0.6 is 0 Å². The second-order valence-corrected chi connectivity index (χ2v) is 10.3. The highest BCUT2D eigenvalue weighted by Gasteiger charge is 2.26. The average Bonchev–Trinajstić information content (AvgIpc) is 2.71. The van der Waals surface area contributed by atoms with E-state index >= 15 is 0 Å². The van der Waals surface area contributed by atoms with E-state index in [1.807, 2.05) is 25.2 Å². The Morgan fingerprint density at radius 1 is 1.03 bits per heavy atom. The lowest BCUT2D eigenvalue weighted by Crippen LogP contribution is -2.22. The van der Waals surface area contributed by atoms with Crippen molar-refractivity contribution in [1.82, 2.24) is 0 Å². The van der Waals surface area contributed by atoms with Crippen LogP contribution in [-0.4, -0.2) is 16.9 Å². The van der Waals surface area contributed by atoms with Crippen LogP contribution in [0.15, 0.2) is 58.7 Å². The van der Waals surface area contributed by atoms with E-state index in [1.165, 1.54) is 55.7 Å². The summed E-state index contributed by atoms with van der Waals surface area (Å²) >= 11 is 0. The first-order valence-electron chi connectivity index (χ1n) is 12.8. The van der Waals surface area contributed by atoms with E-state index in [-0.39, 0.29) is 11.2 Å². The van der Waals surface area contributed by atoms with Gasteiger partial charge in [-0.05, 0) is 69.1 Å². The monoisotopic (exact) mass is 454 g/mol. The van der Waals surface area contributed by atoms with E-state index in [2.05, 4.69) is 46.8 Å². The lowest BCUT2D eigenvalue weighted by atomic mass is 9.72. The maximum atomic E-state index is 12.5. The molecule has 0 bridgehead atoms. The number of ketones is 1. The molecule has 1 aliphatic carbocycles. The summed E-state index contributed by atoms with van der Waals surface area (Å²) in [7, 11) is 0.